The van der Waals surface area contributed by atoms with Gasteiger partial charge in [0.05, 0.1) is 0 Å². The molecule has 1 aromatic carbocycles. The van der Waals surface area contributed by atoms with Gasteiger partial charge in [0.25, 0.3) is 5.79 Å². The zero-order valence-electron chi connectivity index (χ0n) is 14.2. The Hall–Kier alpha value is -2.24. The number of aryl methyl sites for hydroxylation is 1. The number of aromatic nitrogens is 2. The zero-order valence-corrected chi connectivity index (χ0v) is 14.2. The fraction of sp³-hybridized carbons (Fsp3) is 0.556. The molecule has 1 aliphatic carbocycles. The molecule has 2 aromatic rings. The molecule has 0 radical (unpaired) electrons. The van der Waals surface area contributed by atoms with Gasteiger partial charge in [-0.05, 0) is 31.9 Å². The van der Waals surface area contributed by atoms with Gasteiger partial charge >= 0.3 is 0 Å². The quantitative estimate of drug-likeness (QED) is 0.905. The Morgan fingerprint density at radius 3 is 2.67 bits per heavy atom. The van der Waals surface area contributed by atoms with Crippen LogP contribution in [0.5, 0.6) is 11.5 Å². The van der Waals surface area contributed by atoms with E-state index in [0.717, 1.165) is 49.3 Å². The monoisotopic (exact) mass is 329 g/mol. The maximum Gasteiger partial charge on any atom is 0.251 e. The summed E-state index contributed by atoms with van der Waals surface area (Å²) in [6.45, 7) is 3.99. The van der Waals surface area contributed by atoms with E-state index in [0.29, 0.717) is 11.8 Å². The van der Waals surface area contributed by atoms with E-state index >= 15 is 0 Å². The lowest BCUT2D eigenvalue weighted by atomic mass is 9.94. The Morgan fingerprint density at radius 1 is 1.12 bits per heavy atom. The van der Waals surface area contributed by atoms with Crippen molar-refractivity contribution >= 4 is 5.69 Å². The molecule has 4 rings (SSSR count). The third-order valence-corrected chi connectivity index (χ3v) is 4.69. The van der Waals surface area contributed by atoms with Crippen LogP contribution in [0.4, 0.5) is 5.69 Å². The van der Waals surface area contributed by atoms with Crippen molar-refractivity contribution in [1.29, 1.82) is 0 Å². The van der Waals surface area contributed by atoms with Crippen molar-refractivity contribution in [2.75, 3.05) is 5.32 Å². The number of hydrogen-bond donors (Lipinski definition) is 1. The molecular weight excluding hydrogens is 306 g/mol. The van der Waals surface area contributed by atoms with Gasteiger partial charge < -0.3 is 19.2 Å². The molecule has 1 N–H and O–H groups in total. The van der Waals surface area contributed by atoms with Crippen LogP contribution in [-0.2, 0) is 6.42 Å². The van der Waals surface area contributed by atoms with E-state index in [9.17, 15) is 0 Å². The van der Waals surface area contributed by atoms with Crippen LogP contribution in [0.3, 0.4) is 0 Å². The highest BCUT2D eigenvalue weighted by molar-refractivity contribution is 5.56. The maximum absolute atomic E-state index is 6.17. The van der Waals surface area contributed by atoms with Gasteiger partial charge in [0.15, 0.2) is 11.5 Å². The molecule has 1 spiro atoms. The third-order valence-electron chi connectivity index (χ3n) is 4.69. The average molecular weight is 329 g/mol. The largest absolute Gasteiger partial charge is 0.448 e. The second-order valence-corrected chi connectivity index (χ2v) is 6.59. The lowest BCUT2D eigenvalue weighted by Gasteiger charge is -2.31. The molecule has 2 heterocycles. The number of ether oxygens (including phenoxy) is 2. The van der Waals surface area contributed by atoms with Crippen molar-refractivity contribution in [3.05, 3.63) is 30.0 Å². The summed E-state index contributed by atoms with van der Waals surface area (Å²) in [7, 11) is 0. The molecule has 2 aliphatic rings. The van der Waals surface area contributed by atoms with Crippen LogP contribution in [0.2, 0.25) is 0 Å². The first-order valence-electron chi connectivity index (χ1n) is 8.78. The lowest BCUT2D eigenvalue weighted by molar-refractivity contribution is -0.105. The second kappa shape index (κ2) is 6.00. The molecule has 0 amide bonds. The molecule has 0 unspecified atom stereocenters. The van der Waals surface area contributed by atoms with E-state index in [1.54, 1.807) is 0 Å². The molecule has 1 aromatic heterocycles. The minimum Gasteiger partial charge on any atom is -0.448 e. The Kier molecular flexibility index (Phi) is 3.82. The topological polar surface area (TPSA) is 69.4 Å². The number of hydrogen-bond acceptors (Lipinski definition) is 6. The Balaban J connectivity index is 1.47. The van der Waals surface area contributed by atoms with Crippen LogP contribution in [0.1, 0.15) is 63.8 Å². The number of fused-ring (bicyclic) bond motifs is 1. The maximum atomic E-state index is 6.17. The summed E-state index contributed by atoms with van der Waals surface area (Å²) in [5.41, 5.74) is 0.953. The van der Waals surface area contributed by atoms with Crippen LogP contribution in [0.25, 0.3) is 0 Å². The molecule has 24 heavy (non-hydrogen) atoms. The van der Waals surface area contributed by atoms with E-state index in [4.69, 9.17) is 13.9 Å². The molecular formula is C18H23N3O3. The minimum atomic E-state index is -0.437. The van der Waals surface area contributed by atoms with Gasteiger partial charge in [0.2, 0.25) is 11.8 Å². The second-order valence-electron chi connectivity index (χ2n) is 6.59. The minimum absolute atomic E-state index is 0.0678. The standard InChI is InChI=1S/C18H23N3O3/c1-3-16-20-21-17(22-16)12(2)19-13-7-8-14-15(11-13)24-18(23-14)9-5-4-6-10-18/h7-8,11-12,19H,3-6,9-10H2,1-2H3/t12-/m0/s1. The van der Waals surface area contributed by atoms with Crippen molar-refractivity contribution in [2.24, 2.45) is 0 Å². The van der Waals surface area contributed by atoms with E-state index in [2.05, 4.69) is 15.5 Å². The first-order chi connectivity index (χ1) is 11.7. The van der Waals surface area contributed by atoms with E-state index < -0.39 is 5.79 Å². The SMILES string of the molecule is CCc1nnc([C@H](C)Nc2ccc3c(c2)OC2(CCCCC2)O3)o1. The van der Waals surface area contributed by atoms with E-state index in [-0.39, 0.29) is 6.04 Å². The van der Waals surface area contributed by atoms with Gasteiger partial charge in [-0.3, -0.25) is 0 Å². The molecule has 6 heteroatoms. The van der Waals surface area contributed by atoms with Crippen molar-refractivity contribution < 1.29 is 13.9 Å². The van der Waals surface area contributed by atoms with Crippen LogP contribution >= 0.6 is 0 Å². The third kappa shape index (κ3) is 2.81. The van der Waals surface area contributed by atoms with Crippen LogP contribution in [0, 0.1) is 0 Å². The molecule has 1 fully saturated rings. The molecule has 0 bridgehead atoms. The lowest BCUT2D eigenvalue weighted by Crippen LogP contribution is -2.40. The highest BCUT2D eigenvalue weighted by Crippen LogP contribution is 2.46. The molecule has 1 saturated carbocycles. The smallest absolute Gasteiger partial charge is 0.251 e. The summed E-state index contributed by atoms with van der Waals surface area (Å²) in [6.07, 6.45) is 6.25. The van der Waals surface area contributed by atoms with Gasteiger partial charge in [-0.2, -0.15) is 0 Å². The predicted molar refractivity (Wildman–Crippen MR) is 89.2 cm³/mol. The van der Waals surface area contributed by atoms with Crippen LogP contribution < -0.4 is 14.8 Å². The normalized spacial score (nSPS) is 19.4. The molecule has 128 valence electrons. The highest BCUT2D eigenvalue weighted by atomic mass is 16.7. The number of benzene rings is 1. The number of nitrogens with zero attached hydrogens (tertiary/aromatic N) is 2. The Bertz CT molecular complexity index is 722. The van der Waals surface area contributed by atoms with Gasteiger partial charge in [-0.15, -0.1) is 10.2 Å². The first kappa shape index (κ1) is 15.3. The fourth-order valence-corrected chi connectivity index (χ4v) is 3.37. The fourth-order valence-electron chi connectivity index (χ4n) is 3.37. The number of nitrogens with one attached hydrogen (secondary N) is 1. The molecule has 0 saturated heterocycles. The van der Waals surface area contributed by atoms with Gasteiger partial charge in [0, 0.05) is 31.0 Å². The summed E-state index contributed by atoms with van der Waals surface area (Å²) < 4.78 is 17.9. The van der Waals surface area contributed by atoms with Crippen molar-refractivity contribution in [3.63, 3.8) is 0 Å². The Morgan fingerprint density at radius 2 is 1.92 bits per heavy atom. The molecule has 6 nitrogen and oxygen atoms in total. The Labute approximate surface area is 141 Å². The summed E-state index contributed by atoms with van der Waals surface area (Å²) in [6, 6.07) is 5.89. The highest BCUT2D eigenvalue weighted by Gasteiger charge is 2.42. The molecule has 1 atom stereocenters. The van der Waals surface area contributed by atoms with E-state index in [1.165, 1.54) is 6.42 Å². The van der Waals surface area contributed by atoms with Crippen LogP contribution in [0.15, 0.2) is 22.6 Å². The summed E-state index contributed by atoms with van der Waals surface area (Å²) in [5.74, 6) is 2.46. The summed E-state index contributed by atoms with van der Waals surface area (Å²) >= 11 is 0. The van der Waals surface area contributed by atoms with Crippen molar-refractivity contribution in [1.82, 2.24) is 10.2 Å². The van der Waals surface area contributed by atoms with Gasteiger partial charge in [-0.25, -0.2) is 0 Å². The van der Waals surface area contributed by atoms with Gasteiger partial charge in [0.1, 0.15) is 6.04 Å². The summed E-state index contributed by atoms with van der Waals surface area (Å²) in [5, 5.41) is 11.5. The number of anilines is 1. The van der Waals surface area contributed by atoms with E-state index in [1.807, 2.05) is 32.0 Å². The van der Waals surface area contributed by atoms with Crippen molar-refractivity contribution in [3.8, 4) is 11.5 Å². The first-order valence-corrected chi connectivity index (χ1v) is 8.78. The number of rotatable bonds is 4. The van der Waals surface area contributed by atoms with Crippen molar-refractivity contribution in [2.45, 2.75) is 64.2 Å². The zero-order chi connectivity index (χ0) is 16.6. The van der Waals surface area contributed by atoms with Gasteiger partial charge in [-0.1, -0.05) is 13.3 Å². The average Bonchev–Trinajstić information content (AvgIpc) is 3.19. The van der Waals surface area contributed by atoms with Crippen LogP contribution in [-0.4, -0.2) is 16.0 Å². The summed E-state index contributed by atoms with van der Waals surface area (Å²) in [4.78, 5) is 0. The predicted octanol–water partition coefficient (Wildman–Crippen LogP) is 4.24. The molecule has 1 aliphatic heterocycles.